The Morgan fingerprint density at radius 3 is 2.45 bits per heavy atom. The molecule has 2 aromatic carbocycles. The summed E-state index contributed by atoms with van der Waals surface area (Å²) in [5.41, 5.74) is 1.12. The maximum atomic E-state index is 12.5. The van der Waals surface area contributed by atoms with Gasteiger partial charge in [0.15, 0.2) is 22.3 Å². The zero-order valence-electron chi connectivity index (χ0n) is 16.1. The summed E-state index contributed by atoms with van der Waals surface area (Å²) in [6.07, 6.45) is 0. The molecule has 1 heterocycles. The molecular formula is C20H20N4O4S. The van der Waals surface area contributed by atoms with Crippen molar-refractivity contribution in [2.45, 2.75) is 17.3 Å². The first-order valence-corrected chi connectivity index (χ1v) is 9.61. The third-order valence-electron chi connectivity index (χ3n) is 4.03. The number of methoxy groups -OCH3 is 2. The molecule has 1 aromatic heterocycles. The van der Waals surface area contributed by atoms with Crippen LogP contribution in [0.2, 0.25) is 0 Å². The van der Waals surface area contributed by atoms with Crippen molar-refractivity contribution in [1.82, 2.24) is 15.2 Å². The van der Waals surface area contributed by atoms with E-state index in [1.807, 2.05) is 18.2 Å². The predicted molar refractivity (Wildman–Crippen MR) is 112 cm³/mol. The fourth-order valence-electron chi connectivity index (χ4n) is 2.54. The van der Waals surface area contributed by atoms with Crippen molar-refractivity contribution in [3.63, 3.8) is 0 Å². The highest BCUT2D eigenvalue weighted by Gasteiger charge is 2.18. The number of anilines is 1. The van der Waals surface area contributed by atoms with E-state index in [0.717, 1.165) is 11.8 Å². The third kappa shape index (κ3) is 4.94. The Balaban J connectivity index is 1.68. The lowest BCUT2D eigenvalue weighted by atomic mass is 10.2. The molecule has 0 radical (unpaired) electrons. The number of nitrogens with one attached hydrogen (secondary N) is 2. The summed E-state index contributed by atoms with van der Waals surface area (Å²) >= 11 is 1.11. The van der Waals surface area contributed by atoms with Gasteiger partial charge >= 0.3 is 0 Å². The number of aromatic nitrogens is 3. The average molecular weight is 412 g/mol. The standard InChI is InChI=1S/C20H20N4O4S/c1-12(18(25)21-14-9-10-15(27-2)16(11-14)28-3)29-20-22-19(26)17(23-24-20)13-7-5-4-6-8-13/h4-12H,1-3H3,(H,21,25)(H,22,24,26). The first-order chi connectivity index (χ1) is 14.0. The minimum absolute atomic E-state index is 0.234. The van der Waals surface area contributed by atoms with E-state index in [1.165, 1.54) is 7.11 Å². The molecule has 1 atom stereocenters. The van der Waals surface area contributed by atoms with E-state index in [0.29, 0.717) is 22.7 Å². The molecule has 0 bridgehead atoms. The second-order valence-electron chi connectivity index (χ2n) is 5.99. The summed E-state index contributed by atoms with van der Waals surface area (Å²) in [6.45, 7) is 1.71. The highest BCUT2D eigenvalue weighted by molar-refractivity contribution is 8.00. The van der Waals surface area contributed by atoms with E-state index >= 15 is 0 Å². The molecule has 0 spiro atoms. The van der Waals surface area contributed by atoms with Crippen LogP contribution in [0.5, 0.6) is 11.5 Å². The van der Waals surface area contributed by atoms with Crippen LogP contribution in [0.4, 0.5) is 5.69 Å². The molecule has 0 aliphatic rings. The number of hydrogen-bond acceptors (Lipinski definition) is 7. The number of carbonyl (C=O) groups excluding carboxylic acids is 1. The number of aromatic amines is 1. The normalized spacial score (nSPS) is 11.6. The van der Waals surface area contributed by atoms with E-state index in [1.54, 1.807) is 44.4 Å². The van der Waals surface area contributed by atoms with Crippen molar-refractivity contribution < 1.29 is 14.3 Å². The summed E-state index contributed by atoms with van der Waals surface area (Å²) in [4.78, 5) is 27.5. The second kappa shape index (κ2) is 9.24. The Labute approximate surface area is 171 Å². The summed E-state index contributed by atoms with van der Waals surface area (Å²) in [5, 5.41) is 10.6. The Bertz CT molecular complexity index is 1060. The molecule has 29 heavy (non-hydrogen) atoms. The molecule has 0 saturated carbocycles. The summed E-state index contributed by atoms with van der Waals surface area (Å²) in [5.74, 6) is 0.827. The predicted octanol–water partition coefficient (Wildman–Crippen LogP) is 2.97. The third-order valence-corrected chi connectivity index (χ3v) is 5.01. The number of rotatable bonds is 7. The summed E-state index contributed by atoms with van der Waals surface area (Å²) < 4.78 is 10.4. The van der Waals surface area contributed by atoms with Crippen LogP contribution in [0.15, 0.2) is 58.5 Å². The molecule has 1 unspecified atom stereocenters. The second-order valence-corrected chi connectivity index (χ2v) is 7.32. The summed E-state index contributed by atoms with van der Waals surface area (Å²) in [6, 6.07) is 14.2. The van der Waals surface area contributed by atoms with Crippen LogP contribution in [0.1, 0.15) is 6.92 Å². The molecule has 0 aliphatic carbocycles. The molecule has 0 saturated heterocycles. The van der Waals surface area contributed by atoms with Crippen molar-refractivity contribution in [2.75, 3.05) is 19.5 Å². The van der Waals surface area contributed by atoms with E-state index in [-0.39, 0.29) is 22.3 Å². The van der Waals surface area contributed by atoms with E-state index < -0.39 is 5.25 Å². The number of hydrogen-bond donors (Lipinski definition) is 2. The largest absolute Gasteiger partial charge is 0.493 e. The van der Waals surface area contributed by atoms with E-state index in [4.69, 9.17) is 9.47 Å². The minimum Gasteiger partial charge on any atom is -0.493 e. The van der Waals surface area contributed by atoms with Crippen molar-refractivity contribution >= 4 is 23.4 Å². The SMILES string of the molecule is COc1ccc(NC(=O)C(C)Sc2nnc(-c3ccccc3)c(=O)[nH]2)cc1OC. The molecule has 9 heteroatoms. The Morgan fingerprint density at radius 2 is 1.79 bits per heavy atom. The number of nitrogens with zero attached hydrogens (tertiary/aromatic N) is 2. The Kier molecular flexibility index (Phi) is 6.50. The number of ether oxygens (including phenoxy) is 2. The molecule has 3 rings (SSSR count). The maximum Gasteiger partial charge on any atom is 0.278 e. The number of H-pyrrole nitrogens is 1. The number of carbonyl (C=O) groups is 1. The van der Waals surface area contributed by atoms with Gasteiger partial charge in [0.25, 0.3) is 5.56 Å². The molecule has 2 N–H and O–H groups in total. The number of amides is 1. The van der Waals surface area contributed by atoms with Gasteiger partial charge < -0.3 is 14.8 Å². The fourth-order valence-corrected chi connectivity index (χ4v) is 3.28. The van der Waals surface area contributed by atoms with Gasteiger partial charge in [0, 0.05) is 17.3 Å². The van der Waals surface area contributed by atoms with E-state index in [2.05, 4.69) is 20.5 Å². The first-order valence-electron chi connectivity index (χ1n) is 8.73. The van der Waals surface area contributed by atoms with Crippen LogP contribution >= 0.6 is 11.8 Å². The molecule has 150 valence electrons. The van der Waals surface area contributed by atoms with Gasteiger partial charge in [-0.3, -0.25) is 14.6 Å². The Morgan fingerprint density at radius 1 is 1.07 bits per heavy atom. The average Bonchev–Trinajstić information content (AvgIpc) is 2.74. The van der Waals surface area contributed by atoms with Gasteiger partial charge in [-0.2, -0.15) is 0 Å². The first kappa shape index (κ1) is 20.4. The van der Waals surface area contributed by atoms with Crippen LogP contribution in [0.3, 0.4) is 0 Å². The lowest BCUT2D eigenvalue weighted by Gasteiger charge is -2.13. The van der Waals surface area contributed by atoms with Crippen LogP contribution in [0, 0.1) is 0 Å². The van der Waals surface area contributed by atoms with Crippen molar-refractivity contribution in [3.05, 3.63) is 58.9 Å². The molecule has 8 nitrogen and oxygen atoms in total. The zero-order chi connectivity index (χ0) is 20.8. The van der Waals surface area contributed by atoms with E-state index in [9.17, 15) is 9.59 Å². The lowest BCUT2D eigenvalue weighted by molar-refractivity contribution is -0.115. The van der Waals surface area contributed by atoms with Crippen LogP contribution < -0.4 is 20.3 Å². The maximum absolute atomic E-state index is 12.5. The van der Waals surface area contributed by atoms with Gasteiger partial charge in [-0.15, -0.1) is 10.2 Å². The smallest absolute Gasteiger partial charge is 0.278 e. The summed E-state index contributed by atoms with van der Waals surface area (Å²) in [7, 11) is 3.07. The topological polar surface area (TPSA) is 106 Å². The van der Waals surface area contributed by atoms with Crippen LogP contribution in [0.25, 0.3) is 11.3 Å². The van der Waals surface area contributed by atoms with Gasteiger partial charge in [-0.1, -0.05) is 42.1 Å². The lowest BCUT2D eigenvalue weighted by Crippen LogP contribution is -2.23. The molecular weight excluding hydrogens is 392 g/mol. The van der Waals surface area contributed by atoms with Gasteiger partial charge in [-0.25, -0.2) is 0 Å². The van der Waals surface area contributed by atoms with Crippen LogP contribution in [-0.2, 0) is 4.79 Å². The van der Waals surface area contributed by atoms with Crippen molar-refractivity contribution in [2.24, 2.45) is 0 Å². The highest BCUT2D eigenvalue weighted by Crippen LogP contribution is 2.30. The highest BCUT2D eigenvalue weighted by atomic mass is 32.2. The van der Waals surface area contributed by atoms with Gasteiger partial charge in [0.05, 0.1) is 19.5 Å². The number of benzene rings is 2. The molecule has 0 aliphatic heterocycles. The van der Waals surface area contributed by atoms with Gasteiger partial charge in [0.1, 0.15) is 0 Å². The molecule has 1 amide bonds. The van der Waals surface area contributed by atoms with Gasteiger partial charge in [-0.05, 0) is 19.1 Å². The fraction of sp³-hybridized carbons (Fsp3) is 0.200. The van der Waals surface area contributed by atoms with Crippen molar-refractivity contribution in [3.8, 4) is 22.8 Å². The number of thioether (sulfide) groups is 1. The zero-order valence-corrected chi connectivity index (χ0v) is 16.9. The molecule has 0 fully saturated rings. The van der Waals surface area contributed by atoms with Crippen molar-refractivity contribution in [1.29, 1.82) is 0 Å². The monoisotopic (exact) mass is 412 g/mol. The quantitative estimate of drug-likeness (QED) is 0.575. The minimum atomic E-state index is -0.518. The van der Waals surface area contributed by atoms with Crippen LogP contribution in [-0.4, -0.2) is 40.6 Å². The van der Waals surface area contributed by atoms with Gasteiger partial charge in [0.2, 0.25) is 5.91 Å². The Hall–Kier alpha value is -3.33. The molecule has 3 aromatic rings.